The number of aromatic nitrogens is 3. The van der Waals surface area contributed by atoms with E-state index in [-0.39, 0.29) is 6.04 Å². The Kier molecular flexibility index (Phi) is 3.34. The average Bonchev–Trinajstić information content (AvgIpc) is 3.06. The van der Waals surface area contributed by atoms with Gasteiger partial charge in [0.05, 0.1) is 0 Å². The number of para-hydroxylation sites is 1. The van der Waals surface area contributed by atoms with E-state index in [0.717, 1.165) is 17.5 Å². The van der Waals surface area contributed by atoms with Crippen molar-refractivity contribution in [1.82, 2.24) is 15.0 Å². The largest absolute Gasteiger partial charge is 0.368 e. The van der Waals surface area contributed by atoms with E-state index in [1.807, 2.05) is 16.9 Å². The minimum absolute atomic E-state index is 0.210. The lowest BCUT2D eigenvalue weighted by molar-refractivity contribution is 0.266. The van der Waals surface area contributed by atoms with E-state index in [1.165, 1.54) is 36.2 Å². The summed E-state index contributed by atoms with van der Waals surface area (Å²) in [6.45, 7) is 5.86. The monoisotopic (exact) mass is 332 g/mol. The van der Waals surface area contributed by atoms with Gasteiger partial charge in [0.15, 0.2) is 0 Å². The Morgan fingerprint density at radius 3 is 2.52 bits per heavy atom. The van der Waals surface area contributed by atoms with Gasteiger partial charge in [-0.05, 0) is 37.0 Å². The van der Waals surface area contributed by atoms with Crippen molar-refractivity contribution in [3.8, 4) is 0 Å². The molecule has 3 atom stereocenters. The van der Waals surface area contributed by atoms with Crippen LogP contribution in [0.15, 0.2) is 42.5 Å². The summed E-state index contributed by atoms with van der Waals surface area (Å²) in [4.78, 5) is 4.65. The summed E-state index contributed by atoms with van der Waals surface area (Å²) >= 11 is 0. The van der Waals surface area contributed by atoms with Crippen LogP contribution in [-0.2, 0) is 6.42 Å². The van der Waals surface area contributed by atoms with Gasteiger partial charge < -0.3 is 4.90 Å². The zero-order valence-corrected chi connectivity index (χ0v) is 14.9. The number of rotatable bonds is 2. The molecule has 0 aliphatic carbocycles. The molecule has 2 aromatic carbocycles. The van der Waals surface area contributed by atoms with Gasteiger partial charge in [-0.2, -0.15) is 15.0 Å². The topological polar surface area (TPSA) is 34.0 Å². The highest BCUT2D eigenvalue weighted by molar-refractivity contribution is 5.73. The summed E-state index contributed by atoms with van der Waals surface area (Å²) in [6.07, 6.45) is 3.60. The number of hydrogen-bond donors (Lipinski definition) is 0. The number of fused-ring (bicyclic) bond motifs is 1. The Hall–Kier alpha value is -2.36. The molecule has 0 radical (unpaired) electrons. The van der Waals surface area contributed by atoms with E-state index in [2.05, 4.69) is 49.1 Å². The van der Waals surface area contributed by atoms with Crippen molar-refractivity contribution < 1.29 is 0 Å². The molecule has 5 rings (SSSR count). The molecule has 0 unspecified atom stereocenters. The predicted octanol–water partition coefficient (Wildman–Crippen LogP) is 4.20. The highest BCUT2D eigenvalue weighted by Gasteiger charge is 2.41. The minimum atomic E-state index is 0.210. The first-order chi connectivity index (χ1) is 12.3. The molecule has 4 nitrogen and oxygen atoms in total. The summed E-state index contributed by atoms with van der Waals surface area (Å²) in [5, 5.41) is 9.68. The van der Waals surface area contributed by atoms with Gasteiger partial charge in [0.1, 0.15) is 17.1 Å². The molecular weight excluding hydrogens is 308 g/mol. The second-order valence-corrected chi connectivity index (χ2v) is 7.44. The van der Waals surface area contributed by atoms with Crippen LogP contribution >= 0.6 is 0 Å². The maximum absolute atomic E-state index is 4.84. The van der Waals surface area contributed by atoms with E-state index in [0.29, 0.717) is 12.0 Å². The third-order valence-electron chi connectivity index (χ3n) is 6.08. The molecule has 4 heteroatoms. The van der Waals surface area contributed by atoms with Crippen molar-refractivity contribution in [2.24, 2.45) is 5.92 Å². The van der Waals surface area contributed by atoms with Crippen molar-refractivity contribution in [1.29, 1.82) is 0 Å². The van der Waals surface area contributed by atoms with Crippen molar-refractivity contribution in [3.05, 3.63) is 53.6 Å². The van der Waals surface area contributed by atoms with Crippen LogP contribution in [-0.4, -0.2) is 27.6 Å². The summed E-state index contributed by atoms with van der Waals surface area (Å²) in [7, 11) is 0. The molecule has 128 valence electrons. The molecule has 0 saturated carbocycles. The molecule has 2 aliphatic heterocycles. The number of aryl methyl sites for hydroxylation is 1. The normalized spacial score (nSPS) is 25.2. The van der Waals surface area contributed by atoms with Crippen LogP contribution in [0.4, 0.5) is 5.69 Å². The molecule has 0 spiro atoms. The Balaban J connectivity index is 1.72. The van der Waals surface area contributed by atoms with Crippen molar-refractivity contribution in [2.75, 3.05) is 11.4 Å². The van der Waals surface area contributed by atoms with E-state index in [9.17, 15) is 0 Å². The molecule has 25 heavy (non-hydrogen) atoms. The maximum atomic E-state index is 4.84. The molecule has 0 amide bonds. The lowest BCUT2D eigenvalue weighted by Crippen LogP contribution is -2.49. The second-order valence-electron chi connectivity index (χ2n) is 7.44. The number of benzene rings is 2. The molecular formula is C21H24N4. The smallest absolute Gasteiger partial charge is 0.113 e. The molecule has 3 heterocycles. The third kappa shape index (κ3) is 2.13. The molecule has 0 N–H and O–H groups in total. The highest BCUT2D eigenvalue weighted by Crippen LogP contribution is 2.46. The molecule has 3 aromatic rings. The highest BCUT2D eigenvalue weighted by atomic mass is 15.5. The first kappa shape index (κ1) is 14.9. The minimum Gasteiger partial charge on any atom is -0.368 e. The Morgan fingerprint density at radius 2 is 1.80 bits per heavy atom. The lowest BCUT2D eigenvalue weighted by atomic mass is 9.78. The van der Waals surface area contributed by atoms with E-state index < -0.39 is 0 Å². The predicted molar refractivity (Wildman–Crippen MR) is 101 cm³/mol. The number of hydrogen-bond acceptors (Lipinski definition) is 3. The van der Waals surface area contributed by atoms with Gasteiger partial charge in [-0.1, -0.05) is 44.2 Å². The standard InChI is InChI=1S/C21H24N4/c1-3-19-14(2)20(25-22-17-11-4-5-12-18(17)23-25)16-10-6-8-15-9-7-13-24(19)21(15)16/h4-6,8,10-12,14,19-20H,3,7,9,13H2,1-2H3/t14-,19-,20+/m0/s1. The van der Waals surface area contributed by atoms with Crippen LogP contribution in [0.5, 0.6) is 0 Å². The van der Waals surface area contributed by atoms with Crippen molar-refractivity contribution >= 4 is 16.7 Å². The van der Waals surface area contributed by atoms with Gasteiger partial charge in [0, 0.05) is 29.8 Å². The van der Waals surface area contributed by atoms with E-state index in [1.54, 1.807) is 0 Å². The zero-order chi connectivity index (χ0) is 17.0. The van der Waals surface area contributed by atoms with Gasteiger partial charge in [0.2, 0.25) is 0 Å². The van der Waals surface area contributed by atoms with Crippen LogP contribution in [0.3, 0.4) is 0 Å². The molecule has 0 fully saturated rings. The zero-order valence-electron chi connectivity index (χ0n) is 14.9. The third-order valence-corrected chi connectivity index (χ3v) is 6.08. The average molecular weight is 332 g/mol. The first-order valence-electron chi connectivity index (χ1n) is 9.48. The quantitative estimate of drug-likeness (QED) is 0.705. The van der Waals surface area contributed by atoms with Crippen LogP contribution in [0.2, 0.25) is 0 Å². The first-order valence-corrected chi connectivity index (χ1v) is 9.48. The van der Waals surface area contributed by atoms with Gasteiger partial charge in [-0.25, -0.2) is 0 Å². The fourth-order valence-corrected chi connectivity index (χ4v) is 4.99. The fourth-order valence-electron chi connectivity index (χ4n) is 4.99. The molecule has 1 aromatic heterocycles. The van der Waals surface area contributed by atoms with Crippen molar-refractivity contribution in [3.63, 3.8) is 0 Å². The number of anilines is 1. The molecule has 0 bridgehead atoms. The van der Waals surface area contributed by atoms with E-state index in [4.69, 9.17) is 10.2 Å². The van der Waals surface area contributed by atoms with Gasteiger partial charge in [-0.15, -0.1) is 0 Å². The lowest BCUT2D eigenvalue weighted by Gasteiger charge is -2.48. The van der Waals surface area contributed by atoms with Crippen LogP contribution in [0, 0.1) is 5.92 Å². The molecule has 2 aliphatic rings. The Bertz CT molecular complexity index is 896. The Labute approximate surface area is 148 Å². The summed E-state index contributed by atoms with van der Waals surface area (Å²) < 4.78 is 0. The maximum Gasteiger partial charge on any atom is 0.113 e. The summed E-state index contributed by atoms with van der Waals surface area (Å²) in [5.74, 6) is 0.479. The van der Waals surface area contributed by atoms with Crippen LogP contribution in [0.25, 0.3) is 11.0 Å². The SMILES string of the molecule is CC[C@H]1[C@H](C)[C@@H](n2nc3ccccc3n2)c2cccc3c2N1CCC3. The molecule has 0 saturated heterocycles. The second kappa shape index (κ2) is 5.58. The summed E-state index contributed by atoms with van der Waals surface area (Å²) in [5.41, 5.74) is 6.32. The van der Waals surface area contributed by atoms with E-state index >= 15 is 0 Å². The summed E-state index contributed by atoms with van der Waals surface area (Å²) in [6, 6.07) is 15.7. The van der Waals surface area contributed by atoms with Crippen LogP contribution in [0.1, 0.15) is 43.9 Å². The van der Waals surface area contributed by atoms with Crippen molar-refractivity contribution in [2.45, 2.75) is 45.2 Å². The van der Waals surface area contributed by atoms with Gasteiger partial charge >= 0.3 is 0 Å². The van der Waals surface area contributed by atoms with Gasteiger partial charge in [0.25, 0.3) is 0 Å². The van der Waals surface area contributed by atoms with Gasteiger partial charge in [-0.3, -0.25) is 0 Å². The Morgan fingerprint density at radius 1 is 1.04 bits per heavy atom. The fraction of sp³-hybridized carbons (Fsp3) is 0.429. The van der Waals surface area contributed by atoms with Crippen LogP contribution < -0.4 is 4.90 Å². The number of nitrogens with zero attached hydrogens (tertiary/aromatic N) is 4.